The quantitative estimate of drug-likeness (QED) is 0.741. The molecule has 2 fully saturated rings. The maximum atomic E-state index is 12.6. The first-order valence-electron chi connectivity index (χ1n) is 10.2. The topological polar surface area (TPSA) is 104 Å². The number of carbonyl (C=O) groups is 2. The number of hydrogen-bond acceptors (Lipinski definition) is 5. The highest BCUT2D eigenvalue weighted by Crippen LogP contribution is 2.17. The largest absolute Gasteiger partial charge is 0.340 e. The summed E-state index contributed by atoms with van der Waals surface area (Å²) in [4.78, 5) is 31.1. The average Bonchev–Trinajstić information content (AvgIpc) is 2.68. The fourth-order valence-electron chi connectivity index (χ4n) is 3.99. The van der Waals surface area contributed by atoms with Crippen LogP contribution in [0.25, 0.3) is 0 Å². The van der Waals surface area contributed by atoms with Gasteiger partial charge in [0, 0.05) is 38.8 Å². The summed E-state index contributed by atoms with van der Waals surface area (Å²) >= 11 is 0. The van der Waals surface area contributed by atoms with Crippen molar-refractivity contribution in [3.8, 4) is 0 Å². The van der Waals surface area contributed by atoms with Gasteiger partial charge in [-0.05, 0) is 43.9 Å². The van der Waals surface area contributed by atoms with Gasteiger partial charge in [0.1, 0.15) is 0 Å². The molecular weight excluding hydrogens is 392 g/mol. The lowest BCUT2D eigenvalue weighted by molar-refractivity contribution is -0.137. The van der Waals surface area contributed by atoms with Crippen LogP contribution in [0.4, 0.5) is 0 Å². The molecule has 2 amide bonds. The highest BCUT2D eigenvalue weighted by Gasteiger charge is 2.27. The summed E-state index contributed by atoms with van der Waals surface area (Å²) in [5.41, 5.74) is 0.749. The first-order chi connectivity index (χ1) is 13.7. The summed E-state index contributed by atoms with van der Waals surface area (Å²) in [7, 11) is -3.73. The van der Waals surface area contributed by atoms with Crippen molar-refractivity contribution in [2.45, 2.75) is 43.5 Å². The van der Waals surface area contributed by atoms with Gasteiger partial charge in [-0.1, -0.05) is 12.1 Å². The molecule has 0 aromatic heterocycles. The lowest BCUT2D eigenvalue weighted by atomic mass is 10.0. The Balaban J connectivity index is 1.46. The number of piperazine rings is 1. The van der Waals surface area contributed by atoms with Gasteiger partial charge in [0.05, 0.1) is 17.9 Å². The van der Waals surface area contributed by atoms with Gasteiger partial charge < -0.3 is 9.80 Å². The molecular formula is C20H30N4O4S. The van der Waals surface area contributed by atoms with Crippen LogP contribution in [0, 0.1) is 0 Å². The third kappa shape index (κ3) is 5.77. The normalized spacial score (nSPS) is 21.2. The van der Waals surface area contributed by atoms with Crippen molar-refractivity contribution in [1.29, 1.82) is 0 Å². The maximum Gasteiger partial charge on any atom is 0.238 e. The number of primary sulfonamides is 1. The van der Waals surface area contributed by atoms with Crippen LogP contribution in [0.1, 0.15) is 31.7 Å². The Kier molecular flexibility index (Phi) is 6.92. The van der Waals surface area contributed by atoms with Gasteiger partial charge >= 0.3 is 0 Å². The zero-order valence-corrected chi connectivity index (χ0v) is 17.7. The molecule has 0 radical (unpaired) electrons. The summed E-state index contributed by atoms with van der Waals surface area (Å²) in [5, 5.41) is 5.09. The second-order valence-corrected chi connectivity index (χ2v) is 9.52. The molecule has 2 N–H and O–H groups in total. The molecule has 2 aliphatic rings. The van der Waals surface area contributed by atoms with E-state index in [1.165, 1.54) is 18.6 Å². The molecule has 29 heavy (non-hydrogen) atoms. The monoisotopic (exact) mass is 422 g/mol. The SMILES string of the molecule is CC1CCCCN1C(=O)CN1CCN(C(=O)Cc2ccc(S(N)(=O)=O)cc2)CC1. The minimum absolute atomic E-state index is 0.00369. The fourth-order valence-corrected chi connectivity index (χ4v) is 4.50. The van der Waals surface area contributed by atoms with Gasteiger partial charge in [-0.15, -0.1) is 0 Å². The van der Waals surface area contributed by atoms with Crippen LogP contribution in [-0.2, 0) is 26.0 Å². The van der Waals surface area contributed by atoms with Gasteiger partial charge in [-0.25, -0.2) is 13.6 Å². The number of nitrogens with zero attached hydrogens (tertiary/aromatic N) is 3. The first-order valence-corrected chi connectivity index (χ1v) is 11.7. The Hall–Kier alpha value is -1.97. The molecule has 1 unspecified atom stereocenters. The molecule has 0 bridgehead atoms. The average molecular weight is 423 g/mol. The standard InChI is InChI=1S/C20H30N4O4S/c1-16-4-2-3-9-24(16)20(26)15-22-10-12-23(13-11-22)19(25)14-17-5-7-18(8-6-17)29(21,27)28/h5-8,16H,2-4,9-15H2,1H3,(H2,21,27,28). The number of rotatable bonds is 5. The van der Waals surface area contributed by atoms with Gasteiger partial charge in [0.2, 0.25) is 21.8 Å². The minimum Gasteiger partial charge on any atom is -0.340 e. The van der Waals surface area contributed by atoms with E-state index in [1.54, 1.807) is 17.0 Å². The molecule has 3 rings (SSSR count). The summed E-state index contributed by atoms with van der Waals surface area (Å²) in [5.74, 6) is 0.191. The van der Waals surface area contributed by atoms with E-state index in [-0.39, 0.29) is 23.1 Å². The van der Waals surface area contributed by atoms with Crippen molar-refractivity contribution in [3.63, 3.8) is 0 Å². The number of likely N-dealkylation sites (tertiary alicyclic amines) is 1. The van der Waals surface area contributed by atoms with Crippen LogP contribution in [0.5, 0.6) is 0 Å². The Morgan fingerprint density at radius 2 is 1.66 bits per heavy atom. The van der Waals surface area contributed by atoms with Gasteiger partial charge in [-0.3, -0.25) is 14.5 Å². The van der Waals surface area contributed by atoms with Gasteiger partial charge in [-0.2, -0.15) is 0 Å². The minimum atomic E-state index is -3.73. The van der Waals surface area contributed by atoms with Crippen LogP contribution in [0.15, 0.2) is 29.2 Å². The molecule has 2 saturated heterocycles. The third-order valence-electron chi connectivity index (χ3n) is 5.81. The Morgan fingerprint density at radius 3 is 2.24 bits per heavy atom. The Morgan fingerprint density at radius 1 is 1.00 bits per heavy atom. The number of piperidine rings is 1. The van der Waals surface area contributed by atoms with Crippen LogP contribution in [-0.4, -0.2) is 80.2 Å². The molecule has 160 valence electrons. The van der Waals surface area contributed by atoms with Crippen LogP contribution in [0.2, 0.25) is 0 Å². The zero-order chi connectivity index (χ0) is 21.0. The van der Waals surface area contributed by atoms with Crippen LogP contribution >= 0.6 is 0 Å². The summed E-state index contributed by atoms with van der Waals surface area (Å²) in [6.07, 6.45) is 3.56. The van der Waals surface area contributed by atoms with E-state index in [2.05, 4.69) is 11.8 Å². The highest BCUT2D eigenvalue weighted by atomic mass is 32.2. The summed E-state index contributed by atoms with van der Waals surface area (Å²) in [6.45, 7) is 5.94. The lowest BCUT2D eigenvalue weighted by Gasteiger charge is -2.38. The van der Waals surface area contributed by atoms with Gasteiger partial charge in [0.25, 0.3) is 0 Å². The molecule has 0 aliphatic carbocycles. The van der Waals surface area contributed by atoms with E-state index in [0.29, 0.717) is 38.8 Å². The number of benzene rings is 1. The number of nitrogens with two attached hydrogens (primary N) is 1. The maximum absolute atomic E-state index is 12.6. The zero-order valence-electron chi connectivity index (χ0n) is 16.9. The molecule has 1 atom stereocenters. The molecule has 1 aromatic rings. The van der Waals surface area contributed by atoms with Crippen LogP contribution < -0.4 is 5.14 Å². The predicted molar refractivity (Wildman–Crippen MR) is 110 cm³/mol. The number of sulfonamides is 1. The molecule has 2 aliphatic heterocycles. The highest BCUT2D eigenvalue weighted by molar-refractivity contribution is 7.89. The van der Waals surface area contributed by atoms with Crippen molar-refractivity contribution >= 4 is 21.8 Å². The van der Waals surface area contributed by atoms with E-state index in [1.807, 2.05) is 4.90 Å². The fraction of sp³-hybridized carbons (Fsp3) is 0.600. The Labute approximate surface area is 172 Å². The van der Waals surface area contributed by atoms with Crippen LogP contribution in [0.3, 0.4) is 0 Å². The lowest BCUT2D eigenvalue weighted by Crippen LogP contribution is -2.53. The van der Waals surface area contributed by atoms with Crippen molar-refractivity contribution in [1.82, 2.24) is 14.7 Å². The van der Waals surface area contributed by atoms with Crippen molar-refractivity contribution < 1.29 is 18.0 Å². The summed E-state index contributed by atoms with van der Waals surface area (Å²) < 4.78 is 22.6. The van der Waals surface area contributed by atoms with E-state index in [4.69, 9.17) is 5.14 Å². The second-order valence-electron chi connectivity index (χ2n) is 7.95. The molecule has 8 nitrogen and oxygen atoms in total. The number of carbonyl (C=O) groups excluding carboxylic acids is 2. The smallest absolute Gasteiger partial charge is 0.238 e. The van der Waals surface area contributed by atoms with Crippen molar-refractivity contribution in [3.05, 3.63) is 29.8 Å². The number of hydrogen-bond donors (Lipinski definition) is 1. The van der Waals surface area contributed by atoms with E-state index >= 15 is 0 Å². The molecule has 9 heteroatoms. The summed E-state index contributed by atoms with van der Waals surface area (Å²) in [6, 6.07) is 6.39. The van der Waals surface area contributed by atoms with Crippen molar-refractivity contribution in [2.75, 3.05) is 39.3 Å². The van der Waals surface area contributed by atoms with E-state index < -0.39 is 10.0 Å². The Bertz CT molecular complexity index is 833. The second kappa shape index (κ2) is 9.23. The molecule has 2 heterocycles. The molecule has 0 spiro atoms. The van der Waals surface area contributed by atoms with Crippen molar-refractivity contribution in [2.24, 2.45) is 5.14 Å². The molecule has 1 aromatic carbocycles. The third-order valence-corrected chi connectivity index (χ3v) is 6.74. The van der Waals surface area contributed by atoms with E-state index in [0.717, 1.165) is 24.9 Å². The predicted octanol–water partition coefficient (Wildman–Crippen LogP) is 0.422. The molecule has 0 saturated carbocycles. The first kappa shape index (κ1) is 21.7. The van der Waals surface area contributed by atoms with E-state index in [9.17, 15) is 18.0 Å². The van der Waals surface area contributed by atoms with Gasteiger partial charge in [0.15, 0.2) is 0 Å². The number of amides is 2.